The Morgan fingerprint density at radius 3 is 2.88 bits per heavy atom. The molecular formula is C17H22ClN5O3. The molecule has 0 aliphatic carbocycles. The molecule has 0 bridgehead atoms. The van der Waals surface area contributed by atoms with E-state index in [2.05, 4.69) is 27.4 Å². The molecule has 0 saturated carbocycles. The number of piperazine rings is 1. The van der Waals surface area contributed by atoms with E-state index in [1.807, 2.05) is 18.2 Å². The van der Waals surface area contributed by atoms with Crippen molar-refractivity contribution >= 4 is 30.5 Å². The molecule has 3 N–H and O–H groups in total. The van der Waals surface area contributed by atoms with Crippen molar-refractivity contribution in [3.05, 3.63) is 41.5 Å². The lowest BCUT2D eigenvalue weighted by Crippen LogP contribution is -2.44. The molecule has 8 nitrogen and oxygen atoms in total. The third-order valence-electron chi connectivity index (χ3n) is 3.95. The van der Waals surface area contributed by atoms with Crippen LogP contribution in [0, 0.1) is 0 Å². The molecule has 1 aliphatic heterocycles. The number of benzene rings is 1. The van der Waals surface area contributed by atoms with Gasteiger partial charge < -0.3 is 20.3 Å². The maximum absolute atomic E-state index is 10.7. The zero-order valence-corrected chi connectivity index (χ0v) is 15.2. The summed E-state index contributed by atoms with van der Waals surface area (Å²) in [5, 5.41) is 7.41. The molecule has 0 radical (unpaired) electrons. The van der Waals surface area contributed by atoms with Crippen molar-refractivity contribution in [2.24, 2.45) is 5.73 Å². The topological polar surface area (TPSA) is 107 Å². The van der Waals surface area contributed by atoms with Gasteiger partial charge in [-0.25, -0.2) is 0 Å². The van der Waals surface area contributed by atoms with Crippen LogP contribution in [0.4, 0.5) is 0 Å². The molecule has 1 saturated heterocycles. The van der Waals surface area contributed by atoms with Crippen LogP contribution in [0.2, 0.25) is 0 Å². The minimum absolute atomic E-state index is 0. The summed E-state index contributed by atoms with van der Waals surface area (Å²) >= 11 is 0. The molecule has 0 spiro atoms. The number of halogens is 1. The van der Waals surface area contributed by atoms with Gasteiger partial charge in [0.1, 0.15) is 5.75 Å². The second-order valence-corrected chi connectivity index (χ2v) is 5.85. The first-order chi connectivity index (χ1) is 12.1. The number of aromatic nitrogens is 2. The molecular weight excluding hydrogens is 358 g/mol. The molecule has 1 aliphatic rings. The van der Waals surface area contributed by atoms with Crippen molar-refractivity contribution in [1.29, 1.82) is 0 Å². The second kappa shape index (κ2) is 9.33. The summed E-state index contributed by atoms with van der Waals surface area (Å²) in [5.74, 6) is 1.23. The van der Waals surface area contributed by atoms with E-state index < -0.39 is 5.91 Å². The van der Waals surface area contributed by atoms with Gasteiger partial charge in [-0.2, -0.15) is 4.98 Å². The molecule has 1 unspecified atom stereocenters. The molecule has 1 fully saturated rings. The number of carbonyl (C=O) groups is 1. The number of hydrogen-bond donors (Lipinski definition) is 2. The highest BCUT2D eigenvalue weighted by Gasteiger charge is 2.24. The van der Waals surface area contributed by atoms with Gasteiger partial charge in [0.2, 0.25) is 0 Å². The van der Waals surface area contributed by atoms with E-state index in [0.29, 0.717) is 17.5 Å². The average molecular weight is 380 g/mol. The zero-order valence-electron chi connectivity index (χ0n) is 14.4. The molecule has 2 heterocycles. The number of rotatable bonds is 6. The Kier molecular flexibility index (Phi) is 7.14. The van der Waals surface area contributed by atoms with Crippen LogP contribution in [0.15, 0.2) is 28.8 Å². The minimum atomic E-state index is -0.505. The third-order valence-corrected chi connectivity index (χ3v) is 3.95. The van der Waals surface area contributed by atoms with E-state index in [1.54, 1.807) is 18.2 Å². The lowest BCUT2D eigenvalue weighted by molar-refractivity contribution is -0.119. The van der Waals surface area contributed by atoms with Crippen LogP contribution in [0.1, 0.15) is 23.3 Å². The van der Waals surface area contributed by atoms with Crippen molar-refractivity contribution in [3.63, 3.8) is 0 Å². The summed E-state index contributed by atoms with van der Waals surface area (Å²) in [5.41, 5.74) is 5.99. The van der Waals surface area contributed by atoms with E-state index >= 15 is 0 Å². The fraction of sp³-hybridized carbons (Fsp3) is 0.353. The molecule has 3 rings (SSSR count). The van der Waals surface area contributed by atoms with Crippen molar-refractivity contribution in [2.45, 2.75) is 6.04 Å². The van der Waals surface area contributed by atoms with Gasteiger partial charge in [-0.15, -0.1) is 12.4 Å². The lowest BCUT2D eigenvalue weighted by Gasteiger charge is -2.30. The first-order valence-electron chi connectivity index (χ1n) is 8.05. The van der Waals surface area contributed by atoms with Gasteiger partial charge in [0.25, 0.3) is 11.8 Å². The Morgan fingerprint density at radius 2 is 2.19 bits per heavy atom. The third kappa shape index (κ3) is 5.29. The Balaban J connectivity index is 0.00000243. The van der Waals surface area contributed by atoms with Crippen molar-refractivity contribution in [2.75, 3.05) is 33.3 Å². The fourth-order valence-corrected chi connectivity index (χ4v) is 2.54. The maximum atomic E-state index is 10.7. The average Bonchev–Trinajstić information content (AvgIpc) is 3.08. The molecule has 26 heavy (non-hydrogen) atoms. The summed E-state index contributed by atoms with van der Waals surface area (Å²) in [6, 6.07) is 7.39. The van der Waals surface area contributed by atoms with Gasteiger partial charge in [0, 0.05) is 25.7 Å². The highest BCUT2D eigenvalue weighted by Crippen LogP contribution is 2.19. The monoisotopic (exact) mass is 379 g/mol. The largest absolute Gasteiger partial charge is 0.484 e. The van der Waals surface area contributed by atoms with Gasteiger partial charge in [0.05, 0.1) is 6.04 Å². The van der Waals surface area contributed by atoms with Crippen LogP contribution >= 0.6 is 12.4 Å². The Morgan fingerprint density at radius 1 is 1.42 bits per heavy atom. The summed E-state index contributed by atoms with van der Waals surface area (Å²) in [7, 11) is 2.05. The van der Waals surface area contributed by atoms with Crippen LogP contribution in [-0.4, -0.2) is 54.2 Å². The molecule has 9 heteroatoms. The summed E-state index contributed by atoms with van der Waals surface area (Å²) < 4.78 is 10.5. The summed E-state index contributed by atoms with van der Waals surface area (Å²) in [6.07, 6.45) is 3.64. The smallest absolute Gasteiger partial charge is 0.255 e. The van der Waals surface area contributed by atoms with E-state index in [4.69, 9.17) is 15.0 Å². The molecule has 140 valence electrons. The number of nitrogens with two attached hydrogens (primary N) is 1. The Hall–Kier alpha value is -2.42. The van der Waals surface area contributed by atoms with Crippen LogP contribution in [0.25, 0.3) is 12.2 Å². The maximum Gasteiger partial charge on any atom is 0.255 e. The molecule has 1 atom stereocenters. The van der Waals surface area contributed by atoms with E-state index in [1.165, 1.54) is 0 Å². The highest BCUT2D eigenvalue weighted by molar-refractivity contribution is 5.85. The SMILES string of the molecule is CN1CCNCC1c1noc(/C=C/c2ccc(OCC(N)=O)cc2)n1.Cl. The van der Waals surface area contributed by atoms with Gasteiger partial charge in [-0.1, -0.05) is 17.3 Å². The van der Waals surface area contributed by atoms with Crippen molar-refractivity contribution < 1.29 is 14.1 Å². The lowest BCUT2D eigenvalue weighted by atomic mass is 10.2. The van der Waals surface area contributed by atoms with E-state index in [0.717, 1.165) is 25.2 Å². The van der Waals surface area contributed by atoms with Gasteiger partial charge in [-0.3, -0.25) is 9.69 Å². The molecule has 1 aromatic carbocycles. The van der Waals surface area contributed by atoms with Gasteiger partial charge in [0.15, 0.2) is 12.4 Å². The van der Waals surface area contributed by atoms with Crippen LogP contribution in [0.5, 0.6) is 5.75 Å². The number of hydrogen-bond acceptors (Lipinski definition) is 7. The Bertz CT molecular complexity index is 747. The number of nitrogens with zero attached hydrogens (tertiary/aromatic N) is 3. The summed E-state index contributed by atoms with van der Waals surface area (Å²) in [4.78, 5) is 17.3. The molecule has 2 aromatic rings. The first kappa shape index (κ1) is 19.9. The van der Waals surface area contributed by atoms with Crippen LogP contribution in [-0.2, 0) is 4.79 Å². The Labute approximate surface area is 157 Å². The number of carbonyl (C=O) groups excluding carboxylic acids is 1. The second-order valence-electron chi connectivity index (χ2n) is 5.85. The van der Waals surface area contributed by atoms with Crippen molar-refractivity contribution in [3.8, 4) is 5.75 Å². The molecule has 1 aromatic heterocycles. The zero-order chi connectivity index (χ0) is 17.6. The number of amides is 1. The number of ether oxygens (including phenoxy) is 1. The molecule has 1 amide bonds. The predicted molar refractivity (Wildman–Crippen MR) is 99.8 cm³/mol. The van der Waals surface area contributed by atoms with Crippen LogP contribution in [0.3, 0.4) is 0 Å². The van der Waals surface area contributed by atoms with E-state index in [9.17, 15) is 4.79 Å². The first-order valence-corrected chi connectivity index (χ1v) is 8.05. The fourth-order valence-electron chi connectivity index (χ4n) is 2.54. The highest BCUT2D eigenvalue weighted by atomic mass is 35.5. The number of nitrogens with one attached hydrogen (secondary N) is 1. The van der Waals surface area contributed by atoms with Gasteiger partial charge >= 0.3 is 0 Å². The quantitative estimate of drug-likeness (QED) is 0.773. The number of primary amides is 1. The minimum Gasteiger partial charge on any atom is -0.484 e. The predicted octanol–water partition coefficient (Wildman–Crippen LogP) is 1.10. The number of likely N-dealkylation sites (N-methyl/N-ethyl adjacent to an activating group) is 1. The standard InChI is InChI=1S/C17H21N5O3.ClH/c1-22-9-8-19-10-14(22)17-20-16(25-21-17)7-4-12-2-5-13(6-3-12)24-11-15(18)23;/h2-7,14,19H,8-11H2,1H3,(H2,18,23);1H/b7-4+;. The summed E-state index contributed by atoms with van der Waals surface area (Å²) in [6.45, 7) is 2.60. The normalized spacial score (nSPS) is 17.8. The van der Waals surface area contributed by atoms with Gasteiger partial charge in [-0.05, 0) is 30.8 Å². The van der Waals surface area contributed by atoms with E-state index in [-0.39, 0.29) is 25.1 Å². The van der Waals surface area contributed by atoms with Crippen LogP contribution < -0.4 is 15.8 Å². The van der Waals surface area contributed by atoms with Crippen molar-refractivity contribution in [1.82, 2.24) is 20.4 Å².